The molecule has 37 heavy (non-hydrogen) atoms. The minimum Gasteiger partial charge on any atom is -0.324 e. The molecular weight excluding hydrogens is 462 g/mol. The van der Waals surface area contributed by atoms with Crippen molar-refractivity contribution in [3.8, 4) is 0 Å². The molecule has 1 saturated heterocycles. The molecule has 7 heteroatoms. The van der Waals surface area contributed by atoms with E-state index in [9.17, 15) is 9.59 Å². The van der Waals surface area contributed by atoms with Gasteiger partial charge in [0.1, 0.15) is 6.04 Å². The van der Waals surface area contributed by atoms with E-state index in [-0.39, 0.29) is 18.2 Å². The van der Waals surface area contributed by atoms with Gasteiger partial charge in [0.25, 0.3) is 5.91 Å². The Labute approximate surface area is 218 Å². The Bertz CT molecular complexity index is 1270. The van der Waals surface area contributed by atoms with Gasteiger partial charge in [-0.3, -0.25) is 19.4 Å². The SMILES string of the molecule is CCc1ccc(N2CN(CCc3ccccc3)CN3C2=NC(=O)C[C@@H]3C(=O)Nc2ccc(C)cc2)cc1. The number of guanidine groups is 1. The Balaban J connectivity index is 1.43. The summed E-state index contributed by atoms with van der Waals surface area (Å²) in [6.45, 7) is 6.07. The summed E-state index contributed by atoms with van der Waals surface area (Å²) in [6, 6.07) is 25.8. The van der Waals surface area contributed by atoms with Crippen LogP contribution in [0.5, 0.6) is 0 Å². The molecule has 0 aromatic heterocycles. The molecule has 190 valence electrons. The van der Waals surface area contributed by atoms with Crippen LogP contribution >= 0.6 is 0 Å². The number of aliphatic imine (C=N–C) groups is 1. The number of anilines is 2. The fourth-order valence-corrected chi connectivity index (χ4v) is 4.82. The van der Waals surface area contributed by atoms with E-state index in [1.807, 2.05) is 42.2 Å². The first-order valence-corrected chi connectivity index (χ1v) is 12.9. The van der Waals surface area contributed by atoms with Crippen LogP contribution < -0.4 is 10.2 Å². The number of aryl methyl sites for hydroxylation is 2. The molecule has 0 saturated carbocycles. The molecule has 0 aliphatic carbocycles. The van der Waals surface area contributed by atoms with Crippen molar-refractivity contribution in [2.24, 2.45) is 4.99 Å². The molecule has 2 amide bonds. The van der Waals surface area contributed by atoms with Crippen LogP contribution in [0.15, 0.2) is 83.9 Å². The van der Waals surface area contributed by atoms with Crippen molar-refractivity contribution in [1.82, 2.24) is 9.80 Å². The molecule has 0 unspecified atom stereocenters. The Morgan fingerprint density at radius 3 is 2.38 bits per heavy atom. The van der Waals surface area contributed by atoms with Crippen LogP contribution in [0.1, 0.15) is 30.0 Å². The Morgan fingerprint density at radius 2 is 1.68 bits per heavy atom. The van der Waals surface area contributed by atoms with E-state index in [2.05, 4.69) is 75.6 Å². The van der Waals surface area contributed by atoms with Crippen molar-refractivity contribution in [3.63, 3.8) is 0 Å². The summed E-state index contributed by atoms with van der Waals surface area (Å²) in [5, 5.41) is 3.01. The fourth-order valence-electron chi connectivity index (χ4n) is 4.82. The molecule has 3 aromatic carbocycles. The van der Waals surface area contributed by atoms with Gasteiger partial charge in [-0.25, -0.2) is 0 Å². The maximum absolute atomic E-state index is 13.5. The Kier molecular flexibility index (Phi) is 7.32. The van der Waals surface area contributed by atoms with Crippen molar-refractivity contribution in [1.29, 1.82) is 0 Å². The Hall–Kier alpha value is -3.97. The second kappa shape index (κ2) is 11.0. The highest BCUT2D eigenvalue weighted by molar-refractivity contribution is 6.10. The number of hydrogen-bond donors (Lipinski definition) is 1. The number of rotatable bonds is 7. The van der Waals surface area contributed by atoms with Gasteiger partial charge in [0, 0.05) is 17.9 Å². The summed E-state index contributed by atoms with van der Waals surface area (Å²) in [5.74, 6) is 0.0690. The molecule has 2 aliphatic rings. The largest absolute Gasteiger partial charge is 0.324 e. The highest BCUT2D eigenvalue weighted by atomic mass is 16.2. The number of fused-ring (bicyclic) bond motifs is 1. The van der Waals surface area contributed by atoms with Crippen molar-refractivity contribution >= 4 is 29.1 Å². The summed E-state index contributed by atoms with van der Waals surface area (Å²) in [4.78, 5) is 37.0. The van der Waals surface area contributed by atoms with E-state index in [0.29, 0.717) is 19.3 Å². The highest BCUT2D eigenvalue weighted by Crippen LogP contribution is 2.27. The third-order valence-corrected chi connectivity index (χ3v) is 7.00. The van der Waals surface area contributed by atoms with Gasteiger partial charge in [-0.2, -0.15) is 4.99 Å². The maximum Gasteiger partial charge on any atom is 0.251 e. The van der Waals surface area contributed by atoms with Crippen LogP contribution in [0, 0.1) is 6.92 Å². The number of nitrogens with zero attached hydrogens (tertiary/aromatic N) is 4. The van der Waals surface area contributed by atoms with E-state index in [4.69, 9.17) is 0 Å². The smallest absolute Gasteiger partial charge is 0.251 e. The zero-order chi connectivity index (χ0) is 25.8. The van der Waals surface area contributed by atoms with E-state index >= 15 is 0 Å². The molecule has 2 heterocycles. The molecule has 0 radical (unpaired) electrons. The van der Waals surface area contributed by atoms with Gasteiger partial charge in [0.15, 0.2) is 0 Å². The lowest BCUT2D eigenvalue weighted by atomic mass is 10.1. The summed E-state index contributed by atoms with van der Waals surface area (Å²) >= 11 is 0. The van der Waals surface area contributed by atoms with E-state index in [0.717, 1.165) is 36.3 Å². The zero-order valence-electron chi connectivity index (χ0n) is 21.4. The second-order valence-corrected chi connectivity index (χ2v) is 9.71. The van der Waals surface area contributed by atoms with E-state index in [1.54, 1.807) is 0 Å². The van der Waals surface area contributed by atoms with Crippen molar-refractivity contribution in [2.75, 3.05) is 30.1 Å². The predicted molar refractivity (Wildman–Crippen MR) is 147 cm³/mol. The first-order valence-electron chi connectivity index (χ1n) is 12.9. The molecular formula is C30H33N5O2. The number of hydrogen-bond acceptors (Lipinski definition) is 5. The summed E-state index contributed by atoms with van der Waals surface area (Å²) in [7, 11) is 0. The van der Waals surface area contributed by atoms with E-state index < -0.39 is 6.04 Å². The molecule has 0 spiro atoms. The van der Waals surface area contributed by atoms with Gasteiger partial charge in [-0.05, 0) is 55.2 Å². The minimum absolute atomic E-state index is 0.0519. The number of benzene rings is 3. The molecule has 1 fully saturated rings. The maximum atomic E-state index is 13.5. The summed E-state index contributed by atoms with van der Waals surface area (Å²) in [6.07, 6.45) is 1.90. The second-order valence-electron chi connectivity index (χ2n) is 9.71. The van der Waals surface area contributed by atoms with Crippen molar-refractivity contribution in [3.05, 3.63) is 95.6 Å². The lowest BCUT2D eigenvalue weighted by molar-refractivity contribution is -0.127. The number of amides is 2. The fraction of sp³-hybridized carbons (Fsp3) is 0.300. The number of carbonyl (C=O) groups excluding carboxylic acids is 2. The van der Waals surface area contributed by atoms with Crippen LogP contribution in [0.25, 0.3) is 0 Å². The van der Waals surface area contributed by atoms with Crippen LogP contribution in [0.4, 0.5) is 11.4 Å². The topological polar surface area (TPSA) is 68.2 Å². The third kappa shape index (κ3) is 5.73. The highest BCUT2D eigenvalue weighted by Gasteiger charge is 2.41. The average Bonchev–Trinajstić information content (AvgIpc) is 2.93. The van der Waals surface area contributed by atoms with Gasteiger partial charge >= 0.3 is 0 Å². The molecule has 3 aromatic rings. The molecule has 5 rings (SSSR count). The van der Waals surface area contributed by atoms with Crippen LogP contribution in [0.2, 0.25) is 0 Å². The van der Waals surface area contributed by atoms with Crippen LogP contribution in [-0.2, 0) is 22.4 Å². The van der Waals surface area contributed by atoms with Gasteiger partial charge < -0.3 is 10.2 Å². The van der Waals surface area contributed by atoms with Gasteiger partial charge in [0.2, 0.25) is 11.9 Å². The lowest BCUT2D eigenvalue weighted by Crippen LogP contribution is -2.65. The normalized spacial score (nSPS) is 17.8. The van der Waals surface area contributed by atoms with Gasteiger partial charge in [0.05, 0.1) is 19.8 Å². The minimum atomic E-state index is -0.641. The third-order valence-electron chi connectivity index (χ3n) is 7.00. The predicted octanol–water partition coefficient (Wildman–Crippen LogP) is 4.43. The molecule has 2 aliphatic heterocycles. The first kappa shape index (κ1) is 24.7. The van der Waals surface area contributed by atoms with Crippen molar-refractivity contribution in [2.45, 2.75) is 39.2 Å². The van der Waals surface area contributed by atoms with Crippen LogP contribution in [0.3, 0.4) is 0 Å². The first-order chi connectivity index (χ1) is 18.0. The number of nitrogens with one attached hydrogen (secondary N) is 1. The molecule has 0 bridgehead atoms. The standard InChI is InChI=1S/C30H33N5O2/c1-3-23-11-15-26(16-12-23)34-20-33(18-17-24-7-5-4-6-8-24)21-35-27(19-28(36)32-30(34)35)29(37)31-25-13-9-22(2)10-14-25/h4-16,27H,3,17-21H2,1-2H3,(H,31,37)/t27-/m1/s1. The van der Waals surface area contributed by atoms with Crippen molar-refractivity contribution < 1.29 is 9.59 Å². The monoisotopic (exact) mass is 495 g/mol. The lowest BCUT2D eigenvalue weighted by Gasteiger charge is -2.48. The van der Waals surface area contributed by atoms with Gasteiger partial charge in [-0.15, -0.1) is 0 Å². The van der Waals surface area contributed by atoms with E-state index in [1.165, 1.54) is 11.1 Å². The van der Waals surface area contributed by atoms with Crippen LogP contribution in [-0.4, -0.2) is 53.5 Å². The molecule has 1 atom stereocenters. The average molecular weight is 496 g/mol. The zero-order valence-corrected chi connectivity index (χ0v) is 21.4. The quantitative estimate of drug-likeness (QED) is 0.525. The van der Waals surface area contributed by atoms with Gasteiger partial charge in [-0.1, -0.05) is 67.1 Å². The Morgan fingerprint density at radius 1 is 0.946 bits per heavy atom. The summed E-state index contributed by atoms with van der Waals surface area (Å²) < 4.78 is 0. The molecule has 1 N–H and O–H groups in total. The summed E-state index contributed by atoms with van der Waals surface area (Å²) in [5.41, 5.74) is 5.31. The molecule has 7 nitrogen and oxygen atoms in total. The number of carbonyl (C=O) groups is 2.